The average Bonchev–Trinajstić information content (AvgIpc) is 3.29. The third kappa shape index (κ3) is 7.23. The van der Waals surface area contributed by atoms with E-state index in [1.54, 1.807) is 18.2 Å². The molecule has 1 aromatic carbocycles. The first kappa shape index (κ1) is 30.4. The highest BCUT2D eigenvalue weighted by Crippen LogP contribution is 2.37. The van der Waals surface area contributed by atoms with E-state index in [2.05, 4.69) is 9.89 Å². The van der Waals surface area contributed by atoms with Crippen LogP contribution >= 0.6 is 11.6 Å². The number of rotatable bonds is 10. The number of hydrogen-bond donors (Lipinski definition) is 1. The molecule has 2 aromatic heterocycles. The minimum atomic E-state index is -2.72. The number of hydrogen-bond acceptors (Lipinski definition) is 9. The zero-order valence-electron chi connectivity index (χ0n) is 23.5. The first-order chi connectivity index (χ1) is 19.6. The van der Waals surface area contributed by atoms with Crippen LogP contribution in [0.25, 0.3) is 22.6 Å². The highest BCUT2D eigenvalue weighted by atomic mass is 35.5. The second kappa shape index (κ2) is 13.4. The van der Waals surface area contributed by atoms with Crippen molar-refractivity contribution in [2.24, 2.45) is 0 Å². The highest BCUT2D eigenvalue weighted by Gasteiger charge is 2.28. The van der Waals surface area contributed by atoms with Crippen molar-refractivity contribution in [3.8, 4) is 28.4 Å². The van der Waals surface area contributed by atoms with E-state index in [9.17, 15) is 18.7 Å². The summed E-state index contributed by atoms with van der Waals surface area (Å²) in [6.45, 7) is 8.08. The Morgan fingerprint density at radius 3 is 2.51 bits per heavy atom. The van der Waals surface area contributed by atoms with Gasteiger partial charge in [0.2, 0.25) is 0 Å². The number of aromatic nitrogens is 3. The number of anilines is 1. The Labute approximate surface area is 242 Å². The van der Waals surface area contributed by atoms with Gasteiger partial charge >= 0.3 is 6.09 Å². The molecule has 10 nitrogen and oxygen atoms in total. The predicted octanol–water partition coefficient (Wildman–Crippen LogP) is 5.44. The summed E-state index contributed by atoms with van der Waals surface area (Å²) in [4.78, 5) is 25.4. The summed E-state index contributed by atoms with van der Waals surface area (Å²) >= 11 is 6.63. The van der Waals surface area contributed by atoms with Crippen LogP contribution in [0.1, 0.15) is 36.8 Å². The Balaban J connectivity index is 1.69. The fraction of sp³-hybridized carbons (Fsp3) is 0.500. The number of alkyl halides is 2. The molecule has 3 heterocycles. The fourth-order valence-electron chi connectivity index (χ4n) is 4.70. The molecule has 0 aliphatic carbocycles. The number of aryl methyl sites for hydroxylation is 2. The Morgan fingerprint density at radius 2 is 1.88 bits per heavy atom. The lowest BCUT2D eigenvalue weighted by molar-refractivity contribution is 0.0311. The summed E-state index contributed by atoms with van der Waals surface area (Å²) in [5.74, 6) is 2.09. The van der Waals surface area contributed by atoms with Crippen LogP contribution in [0.2, 0.25) is 5.02 Å². The Morgan fingerprint density at radius 1 is 1.15 bits per heavy atom. The summed E-state index contributed by atoms with van der Waals surface area (Å²) in [5, 5.41) is 14.6. The number of piperazine rings is 1. The monoisotopic (exact) mass is 593 g/mol. The van der Waals surface area contributed by atoms with Crippen molar-refractivity contribution in [3.63, 3.8) is 0 Å². The second-order valence-corrected chi connectivity index (χ2v) is 10.3. The molecule has 1 aliphatic rings. The lowest BCUT2D eigenvalue weighted by Gasteiger charge is -2.35. The number of carbonyl (C=O) groups is 1. The van der Waals surface area contributed by atoms with Gasteiger partial charge in [-0.2, -0.15) is 0 Å². The Kier molecular flexibility index (Phi) is 9.98. The lowest BCUT2D eigenvalue weighted by Crippen LogP contribution is -2.49. The molecule has 0 spiro atoms. The normalized spacial score (nSPS) is 14.5. The van der Waals surface area contributed by atoms with Crippen LogP contribution in [0.15, 0.2) is 22.7 Å². The SMILES string of the molecule is CCC[C@@H](O)COc1ccc(Cl)c(-c2nc(-c3c(C)noc3C)c(C)c(N3CCN(C(=O)OCC(F)F)CC3)n2)c1. The van der Waals surface area contributed by atoms with E-state index in [1.807, 2.05) is 32.6 Å². The maximum atomic E-state index is 12.5. The molecule has 1 amide bonds. The number of amides is 1. The number of aliphatic hydroxyl groups excluding tert-OH is 1. The molecular formula is C28H34ClF2N5O5. The van der Waals surface area contributed by atoms with E-state index in [0.717, 1.165) is 17.5 Å². The van der Waals surface area contributed by atoms with Gasteiger partial charge < -0.3 is 28.9 Å². The molecule has 1 N–H and O–H groups in total. The second-order valence-electron chi connectivity index (χ2n) is 9.88. The van der Waals surface area contributed by atoms with Crippen molar-refractivity contribution in [3.05, 3.63) is 40.2 Å². The summed E-state index contributed by atoms with van der Waals surface area (Å²) < 4.78 is 40.9. The molecule has 4 rings (SSSR count). The zero-order chi connectivity index (χ0) is 29.7. The standard InChI is InChI=1S/C28H34ClF2N5O5/c1-5-6-19(37)14-39-20-7-8-22(29)21(13-20)26-32-25(24-17(3)34-41-18(24)4)16(2)27(33-26)35-9-11-36(12-10-35)28(38)40-15-23(30)31/h7-8,13,19,23,37H,5-6,9-12,14-15H2,1-4H3/t19-/m1/s1. The van der Waals surface area contributed by atoms with Gasteiger partial charge in [0.25, 0.3) is 6.43 Å². The van der Waals surface area contributed by atoms with Crippen molar-refractivity contribution in [1.29, 1.82) is 0 Å². The van der Waals surface area contributed by atoms with Gasteiger partial charge in [-0.15, -0.1) is 0 Å². The first-order valence-electron chi connectivity index (χ1n) is 13.5. The molecule has 0 radical (unpaired) electrons. The van der Waals surface area contributed by atoms with Crippen molar-refractivity contribution in [2.45, 2.75) is 53.1 Å². The van der Waals surface area contributed by atoms with Gasteiger partial charge in [-0.1, -0.05) is 30.1 Å². The minimum absolute atomic E-state index is 0.142. The van der Waals surface area contributed by atoms with Crippen LogP contribution in [0.5, 0.6) is 5.75 Å². The molecule has 0 saturated carbocycles. The van der Waals surface area contributed by atoms with Crippen molar-refractivity contribution >= 4 is 23.5 Å². The van der Waals surface area contributed by atoms with Crippen LogP contribution in [0.4, 0.5) is 19.4 Å². The van der Waals surface area contributed by atoms with E-state index < -0.39 is 25.2 Å². The van der Waals surface area contributed by atoms with Crippen LogP contribution in [0.3, 0.4) is 0 Å². The third-order valence-corrected chi connectivity index (χ3v) is 7.13. The first-order valence-corrected chi connectivity index (χ1v) is 13.8. The van der Waals surface area contributed by atoms with E-state index in [1.165, 1.54) is 4.90 Å². The van der Waals surface area contributed by atoms with Crippen molar-refractivity contribution < 1.29 is 32.7 Å². The van der Waals surface area contributed by atoms with Gasteiger partial charge in [0.15, 0.2) is 12.4 Å². The summed E-state index contributed by atoms with van der Waals surface area (Å²) in [6, 6.07) is 5.16. The molecule has 0 unspecified atom stereocenters. The highest BCUT2D eigenvalue weighted by molar-refractivity contribution is 6.33. The summed E-state index contributed by atoms with van der Waals surface area (Å²) in [7, 11) is 0. The maximum Gasteiger partial charge on any atom is 0.410 e. The van der Waals surface area contributed by atoms with Crippen LogP contribution < -0.4 is 9.64 Å². The predicted molar refractivity (Wildman–Crippen MR) is 150 cm³/mol. The largest absolute Gasteiger partial charge is 0.491 e. The van der Waals surface area contributed by atoms with Gasteiger partial charge in [-0.25, -0.2) is 23.5 Å². The average molecular weight is 594 g/mol. The number of ether oxygens (including phenoxy) is 2. The minimum Gasteiger partial charge on any atom is -0.491 e. The topological polar surface area (TPSA) is 114 Å². The quantitative estimate of drug-likeness (QED) is 0.328. The molecule has 3 aromatic rings. The Bertz CT molecular complexity index is 1340. The van der Waals surface area contributed by atoms with Crippen LogP contribution in [0, 0.1) is 20.8 Å². The molecule has 1 saturated heterocycles. The van der Waals surface area contributed by atoms with E-state index in [0.29, 0.717) is 64.6 Å². The molecule has 222 valence electrons. The Hall–Kier alpha value is -3.51. The summed E-state index contributed by atoms with van der Waals surface area (Å²) in [6.07, 6.45) is -2.61. The number of benzene rings is 1. The lowest BCUT2D eigenvalue weighted by atomic mass is 10.0. The van der Waals surface area contributed by atoms with Gasteiger partial charge in [0.05, 0.1) is 28.1 Å². The molecular weight excluding hydrogens is 560 g/mol. The van der Waals surface area contributed by atoms with E-state index in [-0.39, 0.29) is 19.7 Å². The number of aliphatic hydroxyl groups is 1. The van der Waals surface area contributed by atoms with Gasteiger partial charge in [-0.05, 0) is 45.4 Å². The van der Waals surface area contributed by atoms with Gasteiger partial charge in [0, 0.05) is 37.3 Å². The summed E-state index contributed by atoms with van der Waals surface area (Å²) in [5.41, 5.74) is 3.36. The molecule has 1 fully saturated rings. The number of halogens is 3. The van der Waals surface area contributed by atoms with E-state index >= 15 is 0 Å². The molecule has 1 atom stereocenters. The third-order valence-electron chi connectivity index (χ3n) is 6.80. The van der Waals surface area contributed by atoms with Crippen molar-refractivity contribution in [2.75, 3.05) is 44.3 Å². The van der Waals surface area contributed by atoms with Crippen LogP contribution in [-0.4, -0.2) is 83.1 Å². The van der Waals surface area contributed by atoms with Gasteiger partial charge in [-0.3, -0.25) is 0 Å². The number of nitrogens with zero attached hydrogens (tertiary/aromatic N) is 5. The van der Waals surface area contributed by atoms with E-state index in [4.69, 9.17) is 30.8 Å². The van der Waals surface area contributed by atoms with Gasteiger partial charge in [0.1, 0.15) is 23.9 Å². The molecule has 1 aliphatic heterocycles. The zero-order valence-corrected chi connectivity index (χ0v) is 24.2. The molecule has 41 heavy (non-hydrogen) atoms. The van der Waals surface area contributed by atoms with Crippen LogP contribution in [-0.2, 0) is 4.74 Å². The molecule has 0 bridgehead atoms. The number of carbonyl (C=O) groups excluding carboxylic acids is 1. The smallest absolute Gasteiger partial charge is 0.410 e. The van der Waals surface area contributed by atoms with Crippen molar-refractivity contribution in [1.82, 2.24) is 20.0 Å². The molecule has 13 heteroatoms. The fourth-order valence-corrected chi connectivity index (χ4v) is 4.90. The maximum absolute atomic E-state index is 12.5.